The van der Waals surface area contributed by atoms with E-state index in [0.29, 0.717) is 13.0 Å². The van der Waals surface area contributed by atoms with Crippen LogP contribution in [0.25, 0.3) is 11.3 Å². The highest BCUT2D eigenvalue weighted by Gasteiger charge is 2.18. The summed E-state index contributed by atoms with van der Waals surface area (Å²) in [5, 5.41) is 0. The quantitative estimate of drug-likeness (QED) is 0.918. The lowest BCUT2D eigenvalue weighted by Gasteiger charge is -2.21. The molecule has 0 saturated carbocycles. The van der Waals surface area contributed by atoms with Gasteiger partial charge >= 0.3 is 0 Å². The fourth-order valence-corrected chi connectivity index (χ4v) is 1.79. The van der Waals surface area contributed by atoms with Gasteiger partial charge in [-0.1, -0.05) is 26.0 Å². The molecule has 3 nitrogen and oxygen atoms in total. The van der Waals surface area contributed by atoms with Gasteiger partial charge in [0.1, 0.15) is 11.6 Å². The Morgan fingerprint density at radius 2 is 2.05 bits per heavy atom. The fraction of sp³-hybridized carbons (Fsp3) is 0.333. The van der Waals surface area contributed by atoms with E-state index in [2.05, 4.69) is 23.8 Å². The molecule has 0 unspecified atom stereocenters. The van der Waals surface area contributed by atoms with Crippen molar-refractivity contribution in [2.24, 2.45) is 11.1 Å². The van der Waals surface area contributed by atoms with Gasteiger partial charge in [0.05, 0.1) is 5.69 Å². The van der Waals surface area contributed by atoms with E-state index in [9.17, 15) is 4.39 Å². The normalized spacial score (nSPS) is 11.6. The summed E-state index contributed by atoms with van der Waals surface area (Å²) in [6.07, 6.45) is 2.40. The summed E-state index contributed by atoms with van der Waals surface area (Å²) in [5.41, 5.74) is 7.17. The monoisotopic (exact) mass is 259 g/mol. The van der Waals surface area contributed by atoms with Gasteiger partial charge in [-0.25, -0.2) is 14.4 Å². The van der Waals surface area contributed by atoms with Crippen LogP contribution in [-0.2, 0) is 6.42 Å². The van der Waals surface area contributed by atoms with E-state index in [4.69, 9.17) is 5.73 Å². The van der Waals surface area contributed by atoms with Crippen molar-refractivity contribution in [2.45, 2.75) is 20.3 Å². The lowest BCUT2D eigenvalue weighted by Crippen LogP contribution is -2.26. The van der Waals surface area contributed by atoms with E-state index < -0.39 is 0 Å². The van der Waals surface area contributed by atoms with Crippen LogP contribution in [0.2, 0.25) is 0 Å². The summed E-state index contributed by atoms with van der Waals surface area (Å²) in [5.74, 6) is 0.470. The molecule has 1 aromatic carbocycles. The zero-order valence-electron chi connectivity index (χ0n) is 11.2. The van der Waals surface area contributed by atoms with Gasteiger partial charge in [-0.15, -0.1) is 0 Å². The first-order valence-corrected chi connectivity index (χ1v) is 6.28. The number of hydrogen-bond acceptors (Lipinski definition) is 3. The summed E-state index contributed by atoms with van der Waals surface area (Å²) in [4.78, 5) is 8.74. The van der Waals surface area contributed by atoms with Gasteiger partial charge in [0.2, 0.25) is 0 Å². The number of nitrogens with two attached hydrogens (primary N) is 1. The summed E-state index contributed by atoms with van der Waals surface area (Å²) in [6, 6.07) is 8.19. The molecule has 1 heterocycles. The summed E-state index contributed by atoms with van der Waals surface area (Å²) >= 11 is 0. The van der Waals surface area contributed by atoms with E-state index in [-0.39, 0.29) is 11.2 Å². The Morgan fingerprint density at radius 1 is 1.26 bits per heavy atom. The van der Waals surface area contributed by atoms with Crippen LogP contribution in [0.15, 0.2) is 36.5 Å². The Balaban J connectivity index is 2.29. The van der Waals surface area contributed by atoms with E-state index in [1.807, 2.05) is 6.07 Å². The molecule has 0 aliphatic carbocycles. The maximum absolute atomic E-state index is 13.2. The SMILES string of the molecule is CC(C)(CN)Cc1nccc(-c2cccc(F)c2)n1. The highest BCUT2D eigenvalue weighted by Crippen LogP contribution is 2.21. The molecular formula is C15H18FN3. The van der Waals surface area contributed by atoms with Crippen LogP contribution in [0.4, 0.5) is 4.39 Å². The van der Waals surface area contributed by atoms with E-state index >= 15 is 0 Å². The van der Waals surface area contributed by atoms with Crippen LogP contribution in [-0.4, -0.2) is 16.5 Å². The number of halogens is 1. The molecule has 2 aromatic rings. The topological polar surface area (TPSA) is 51.8 Å². The smallest absolute Gasteiger partial charge is 0.129 e. The molecule has 0 saturated heterocycles. The first-order valence-electron chi connectivity index (χ1n) is 6.28. The second-order valence-electron chi connectivity index (χ2n) is 5.41. The molecule has 2 rings (SSSR count). The fourth-order valence-electron chi connectivity index (χ4n) is 1.79. The van der Waals surface area contributed by atoms with Crippen LogP contribution in [0, 0.1) is 11.2 Å². The molecule has 0 spiro atoms. The van der Waals surface area contributed by atoms with Gasteiger partial charge in [-0.2, -0.15) is 0 Å². The Labute approximate surface area is 112 Å². The standard InChI is InChI=1S/C15H18FN3/c1-15(2,10-17)9-14-18-7-6-13(19-14)11-4-3-5-12(16)8-11/h3-8H,9-10,17H2,1-2H3. The van der Waals surface area contributed by atoms with Crippen LogP contribution in [0.1, 0.15) is 19.7 Å². The second kappa shape index (κ2) is 5.45. The van der Waals surface area contributed by atoms with Crippen molar-refractivity contribution in [3.63, 3.8) is 0 Å². The predicted octanol–water partition coefficient (Wildman–Crippen LogP) is 2.81. The van der Waals surface area contributed by atoms with Crippen molar-refractivity contribution in [1.29, 1.82) is 0 Å². The third-order valence-corrected chi connectivity index (χ3v) is 3.02. The number of nitrogens with zero attached hydrogens (tertiary/aromatic N) is 2. The van der Waals surface area contributed by atoms with Gasteiger partial charge in [0, 0.05) is 18.2 Å². The molecule has 0 amide bonds. The van der Waals surface area contributed by atoms with E-state index in [1.54, 1.807) is 18.3 Å². The largest absolute Gasteiger partial charge is 0.330 e. The first-order chi connectivity index (χ1) is 9.00. The van der Waals surface area contributed by atoms with Gasteiger partial charge in [-0.3, -0.25) is 0 Å². The van der Waals surface area contributed by atoms with E-state index in [0.717, 1.165) is 17.1 Å². The molecule has 0 bridgehead atoms. The van der Waals surface area contributed by atoms with Gasteiger partial charge in [-0.05, 0) is 30.2 Å². The molecule has 2 N–H and O–H groups in total. The second-order valence-corrected chi connectivity index (χ2v) is 5.41. The van der Waals surface area contributed by atoms with Crippen molar-refractivity contribution < 1.29 is 4.39 Å². The van der Waals surface area contributed by atoms with Crippen molar-refractivity contribution in [2.75, 3.05) is 6.54 Å². The Morgan fingerprint density at radius 3 is 2.74 bits per heavy atom. The molecule has 0 radical (unpaired) electrons. The molecule has 4 heteroatoms. The maximum atomic E-state index is 13.2. The Hall–Kier alpha value is -1.81. The minimum atomic E-state index is -0.264. The Bertz CT molecular complexity index is 567. The molecule has 1 aromatic heterocycles. The summed E-state index contributed by atoms with van der Waals surface area (Å²) in [7, 11) is 0. The molecule has 100 valence electrons. The predicted molar refractivity (Wildman–Crippen MR) is 74.0 cm³/mol. The van der Waals surface area contributed by atoms with Crippen molar-refractivity contribution >= 4 is 0 Å². The van der Waals surface area contributed by atoms with Crippen molar-refractivity contribution in [3.8, 4) is 11.3 Å². The third kappa shape index (κ3) is 3.58. The molecule has 0 atom stereocenters. The minimum Gasteiger partial charge on any atom is -0.330 e. The van der Waals surface area contributed by atoms with Crippen LogP contribution >= 0.6 is 0 Å². The molecular weight excluding hydrogens is 241 g/mol. The number of rotatable bonds is 4. The van der Waals surface area contributed by atoms with Gasteiger partial charge < -0.3 is 5.73 Å². The van der Waals surface area contributed by atoms with Gasteiger partial charge in [0.25, 0.3) is 0 Å². The van der Waals surface area contributed by atoms with Crippen molar-refractivity contribution in [1.82, 2.24) is 9.97 Å². The maximum Gasteiger partial charge on any atom is 0.129 e. The van der Waals surface area contributed by atoms with Crippen LogP contribution in [0.3, 0.4) is 0 Å². The lowest BCUT2D eigenvalue weighted by molar-refractivity contribution is 0.368. The zero-order chi connectivity index (χ0) is 13.9. The van der Waals surface area contributed by atoms with E-state index in [1.165, 1.54) is 12.1 Å². The molecule has 0 fully saturated rings. The lowest BCUT2D eigenvalue weighted by atomic mass is 9.89. The van der Waals surface area contributed by atoms with Crippen molar-refractivity contribution in [3.05, 3.63) is 48.2 Å². The number of benzene rings is 1. The average molecular weight is 259 g/mol. The number of hydrogen-bond donors (Lipinski definition) is 1. The summed E-state index contributed by atoms with van der Waals surface area (Å²) in [6.45, 7) is 4.72. The average Bonchev–Trinajstić information content (AvgIpc) is 2.38. The van der Waals surface area contributed by atoms with Crippen LogP contribution < -0.4 is 5.73 Å². The minimum absolute atomic E-state index is 0.0411. The van der Waals surface area contributed by atoms with Gasteiger partial charge in [0.15, 0.2) is 0 Å². The summed E-state index contributed by atoms with van der Waals surface area (Å²) < 4.78 is 13.2. The molecule has 0 aliphatic rings. The number of aromatic nitrogens is 2. The highest BCUT2D eigenvalue weighted by molar-refractivity contribution is 5.58. The molecule has 0 aliphatic heterocycles. The first kappa shape index (κ1) is 13.6. The van der Waals surface area contributed by atoms with Crippen LogP contribution in [0.5, 0.6) is 0 Å². The Kier molecular flexibility index (Phi) is 3.90. The zero-order valence-corrected chi connectivity index (χ0v) is 11.2. The molecule has 19 heavy (non-hydrogen) atoms. The highest BCUT2D eigenvalue weighted by atomic mass is 19.1. The third-order valence-electron chi connectivity index (χ3n) is 3.02.